The van der Waals surface area contributed by atoms with E-state index in [0.717, 1.165) is 5.69 Å². The number of rotatable bonds is 6. The van der Waals surface area contributed by atoms with Gasteiger partial charge in [0, 0.05) is 48.0 Å². The molecular formula is C21H20N8O3. The number of nitrogen functional groups attached to an aromatic ring is 1. The number of aromatic nitrogens is 4. The van der Waals surface area contributed by atoms with Crippen molar-refractivity contribution in [2.75, 3.05) is 22.9 Å². The normalized spacial score (nSPS) is 10.6. The van der Waals surface area contributed by atoms with Crippen molar-refractivity contribution in [1.29, 1.82) is 0 Å². The number of urea groups is 1. The van der Waals surface area contributed by atoms with Crippen molar-refractivity contribution in [1.82, 2.24) is 25.3 Å². The van der Waals surface area contributed by atoms with E-state index in [1.807, 2.05) is 0 Å². The maximum absolute atomic E-state index is 12.3. The number of hydrogen-bond acceptors (Lipinski definition) is 6. The van der Waals surface area contributed by atoms with E-state index < -0.39 is 6.03 Å². The van der Waals surface area contributed by atoms with Crippen molar-refractivity contribution in [2.45, 2.75) is 6.42 Å². The number of benzene rings is 1. The zero-order chi connectivity index (χ0) is 22.5. The van der Waals surface area contributed by atoms with Gasteiger partial charge in [-0.05, 0) is 42.5 Å². The van der Waals surface area contributed by atoms with Crippen molar-refractivity contribution in [3.63, 3.8) is 0 Å². The first-order valence-corrected chi connectivity index (χ1v) is 9.71. The minimum Gasteiger partial charge on any atom is -0.369 e. The highest BCUT2D eigenvalue weighted by Gasteiger charge is 2.09. The summed E-state index contributed by atoms with van der Waals surface area (Å²) in [5.41, 5.74) is 8.00. The number of nitrogens with zero attached hydrogens (tertiary/aromatic N) is 2. The van der Waals surface area contributed by atoms with Crippen LogP contribution in [0.1, 0.15) is 16.1 Å². The van der Waals surface area contributed by atoms with Gasteiger partial charge < -0.3 is 26.7 Å². The van der Waals surface area contributed by atoms with Gasteiger partial charge in [-0.3, -0.25) is 19.6 Å². The quantitative estimate of drug-likeness (QED) is 0.271. The molecule has 0 unspecified atom stereocenters. The van der Waals surface area contributed by atoms with E-state index >= 15 is 0 Å². The second-order valence-electron chi connectivity index (χ2n) is 6.91. The van der Waals surface area contributed by atoms with Gasteiger partial charge in [-0.15, -0.1) is 0 Å². The van der Waals surface area contributed by atoms with E-state index in [9.17, 15) is 14.4 Å². The summed E-state index contributed by atoms with van der Waals surface area (Å²) in [5.74, 6) is -0.227. The van der Waals surface area contributed by atoms with Crippen LogP contribution in [0.25, 0.3) is 11.0 Å². The third-order valence-electron chi connectivity index (χ3n) is 4.59. The Morgan fingerprint density at radius 2 is 1.69 bits per heavy atom. The summed E-state index contributed by atoms with van der Waals surface area (Å²) < 4.78 is 0. The van der Waals surface area contributed by atoms with Crippen LogP contribution >= 0.6 is 0 Å². The summed E-state index contributed by atoms with van der Waals surface area (Å²) in [6, 6.07) is 11.2. The number of hydrogen-bond donors (Lipinski definition) is 6. The summed E-state index contributed by atoms with van der Waals surface area (Å²) in [5, 5.41) is 8.61. The molecule has 0 bridgehead atoms. The van der Waals surface area contributed by atoms with E-state index in [1.165, 1.54) is 0 Å². The molecule has 0 saturated heterocycles. The van der Waals surface area contributed by atoms with Crippen LogP contribution in [0.4, 0.5) is 22.1 Å². The van der Waals surface area contributed by atoms with Crippen LogP contribution in [0, 0.1) is 0 Å². The second kappa shape index (κ2) is 9.00. The maximum Gasteiger partial charge on any atom is 0.319 e. The highest BCUT2D eigenvalue weighted by Crippen LogP contribution is 2.13. The molecule has 4 rings (SSSR count). The Labute approximate surface area is 181 Å². The fourth-order valence-corrected chi connectivity index (χ4v) is 3.06. The lowest BCUT2D eigenvalue weighted by molar-refractivity contribution is 0.102. The van der Waals surface area contributed by atoms with Crippen LogP contribution in [-0.2, 0) is 6.42 Å². The number of pyridine rings is 1. The Morgan fingerprint density at radius 3 is 2.44 bits per heavy atom. The van der Waals surface area contributed by atoms with E-state index in [2.05, 4.69) is 35.9 Å². The first-order chi connectivity index (χ1) is 15.5. The summed E-state index contributed by atoms with van der Waals surface area (Å²) in [7, 11) is 0. The molecule has 162 valence electrons. The molecule has 0 aliphatic rings. The average molecular weight is 432 g/mol. The average Bonchev–Trinajstić information content (AvgIpc) is 3.18. The first kappa shape index (κ1) is 20.6. The number of H-pyrrole nitrogens is 2. The molecule has 1 aromatic carbocycles. The standard InChI is InChI=1S/C21H20N8O3/c22-20-28-17-16(19(31)29-20)11-15(25-17)7-10-24-21(32)27-13-3-1-12(2-4-13)18(30)26-14-5-8-23-9-6-14/h1-6,8-9,11H,7,10H2,(H,23,26,30)(H2,24,27,32)(H4,22,25,28,29,31). The molecule has 0 spiro atoms. The lowest BCUT2D eigenvalue weighted by Gasteiger charge is -2.08. The zero-order valence-corrected chi connectivity index (χ0v) is 16.8. The fourth-order valence-electron chi connectivity index (χ4n) is 3.06. The molecule has 32 heavy (non-hydrogen) atoms. The number of nitrogens with two attached hydrogens (primary N) is 1. The molecular weight excluding hydrogens is 412 g/mol. The van der Waals surface area contributed by atoms with Gasteiger partial charge in [0.2, 0.25) is 5.95 Å². The van der Waals surface area contributed by atoms with E-state index in [4.69, 9.17) is 5.73 Å². The number of carbonyl (C=O) groups is 2. The van der Waals surface area contributed by atoms with Crippen molar-refractivity contribution in [3.8, 4) is 0 Å². The lowest BCUT2D eigenvalue weighted by atomic mass is 10.2. The Hall–Kier alpha value is -4.67. The Balaban J connectivity index is 1.27. The molecule has 11 heteroatoms. The second-order valence-corrected chi connectivity index (χ2v) is 6.91. The van der Waals surface area contributed by atoms with Gasteiger partial charge in [0.15, 0.2) is 0 Å². The van der Waals surface area contributed by atoms with Crippen molar-refractivity contribution >= 4 is 40.3 Å². The van der Waals surface area contributed by atoms with E-state index in [-0.39, 0.29) is 17.4 Å². The molecule has 0 saturated carbocycles. The van der Waals surface area contributed by atoms with Crippen molar-refractivity contribution in [3.05, 3.63) is 76.5 Å². The minimum absolute atomic E-state index is 0.0364. The van der Waals surface area contributed by atoms with Crippen molar-refractivity contribution in [2.24, 2.45) is 0 Å². The molecule has 0 aliphatic carbocycles. The van der Waals surface area contributed by atoms with Crippen LogP contribution in [0.15, 0.2) is 59.7 Å². The molecule has 0 fully saturated rings. The highest BCUT2D eigenvalue weighted by molar-refractivity contribution is 6.04. The van der Waals surface area contributed by atoms with Crippen LogP contribution in [0.3, 0.4) is 0 Å². The topological polar surface area (TPSA) is 171 Å². The van der Waals surface area contributed by atoms with Crippen LogP contribution in [0.2, 0.25) is 0 Å². The van der Waals surface area contributed by atoms with Crippen LogP contribution < -0.4 is 27.2 Å². The largest absolute Gasteiger partial charge is 0.369 e. The minimum atomic E-state index is -0.393. The summed E-state index contributed by atoms with van der Waals surface area (Å²) in [6.07, 6.45) is 3.65. The molecule has 3 heterocycles. The molecule has 7 N–H and O–H groups in total. The van der Waals surface area contributed by atoms with Gasteiger partial charge in [0.05, 0.1) is 5.39 Å². The monoisotopic (exact) mass is 432 g/mol. The predicted molar refractivity (Wildman–Crippen MR) is 120 cm³/mol. The van der Waals surface area contributed by atoms with Crippen molar-refractivity contribution < 1.29 is 9.59 Å². The number of carbonyl (C=O) groups excluding carboxylic acids is 2. The summed E-state index contributed by atoms with van der Waals surface area (Å²) in [6.45, 7) is 0.332. The van der Waals surface area contributed by atoms with E-state index in [1.54, 1.807) is 54.9 Å². The Bertz CT molecular complexity index is 1310. The van der Waals surface area contributed by atoms with Gasteiger partial charge in [0.25, 0.3) is 11.5 Å². The molecule has 11 nitrogen and oxygen atoms in total. The predicted octanol–water partition coefficient (Wildman–Crippen LogP) is 1.84. The third-order valence-corrected chi connectivity index (χ3v) is 4.59. The summed E-state index contributed by atoms with van der Waals surface area (Å²) in [4.78, 5) is 49.6. The third kappa shape index (κ3) is 4.90. The fraction of sp³-hybridized carbons (Fsp3) is 0.0952. The van der Waals surface area contributed by atoms with Gasteiger partial charge in [-0.25, -0.2) is 4.79 Å². The molecule has 0 atom stereocenters. The number of nitrogens with one attached hydrogen (secondary N) is 5. The number of aromatic amines is 2. The molecule has 0 aliphatic heterocycles. The summed E-state index contributed by atoms with van der Waals surface area (Å²) >= 11 is 0. The van der Waals surface area contributed by atoms with Gasteiger partial charge in [0.1, 0.15) is 5.65 Å². The smallest absolute Gasteiger partial charge is 0.319 e. The van der Waals surface area contributed by atoms with Crippen LogP contribution in [0.5, 0.6) is 0 Å². The van der Waals surface area contributed by atoms with Gasteiger partial charge in [-0.1, -0.05) is 0 Å². The molecule has 0 radical (unpaired) electrons. The van der Waals surface area contributed by atoms with Crippen LogP contribution in [-0.4, -0.2) is 38.4 Å². The number of anilines is 3. The number of amides is 3. The maximum atomic E-state index is 12.3. The Kier molecular flexibility index (Phi) is 5.79. The zero-order valence-electron chi connectivity index (χ0n) is 16.8. The van der Waals surface area contributed by atoms with Gasteiger partial charge in [-0.2, -0.15) is 4.98 Å². The molecule has 4 aromatic rings. The molecule has 3 amide bonds. The Morgan fingerprint density at radius 1 is 0.969 bits per heavy atom. The SMILES string of the molecule is Nc1nc2[nH]c(CCNC(=O)Nc3ccc(C(=O)Nc4ccncc4)cc3)cc2c(=O)[nH]1. The number of fused-ring (bicyclic) bond motifs is 1. The lowest BCUT2D eigenvalue weighted by Crippen LogP contribution is -2.30. The highest BCUT2D eigenvalue weighted by atomic mass is 16.2. The molecule has 3 aromatic heterocycles. The van der Waals surface area contributed by atoms with Gasteiger partial charge >= 0.3 is 6.03 Å². The first-order valence-electron chi connectivity index (χ1n) is 9.71. The van der Waals surface area contributed by atoms with E-state index in [0.29, 0.717) is 40.9 Å².